The van der Waals surface area contributed by atoms with Crippen molar-refractivity contribution in [2.45, 2.75) is 11.2 Å². The summed E-state index contributed by atoms with van der Waals surface area (Å²) in [5.74, 6) is -0.0563. The van der Waals surface area contributed by atoms with Gasteiger partial charge >= 0.3 is 0 Å². The molecule has 0 saturated carbocycles. The van der Waals surface area contributed by atoms with Crippen molar-refractivity contribution in [2.75, 3.05) is 0 Å². The van der Waals surface area contributed by atoms with Crippen molar-refractivity contribution >= 4 is 44.7 Å². The second-order valence-corrected chi connectivity index (χ2v) is 4.89. The van der Waals surface area contributed by atoms with Crippen LogP contribution >= 0.6 is 38.9 Å². The molecule has 0 N–H and O–H groups in total. The number of aryl methyl sites for hydroxylation is 1. The lowest BCUT2D eigenvalue weighted by Gasteiger charge is -1.97. The molecule has 1 unspecified atom stereocenters. The fourth-order valence-electron chi connectivity index (χ4n) is 0.724. The van der Waals surface area contributed by atoms with Gasteiger partial charge in [0.1, 0.15) is 0 Å². The van der Waals surface area contributed by atoms with Gasteiger partial charge in [0, 0.05) is 0 Å². The summed E-state index contributed by atoms with van der Waals surface area (Å²) in [6, 6.07) is 1.91. The third-order valence-corrected chi connectivity index (χ3v) is 2.93. The summed E-state index contributed by atoms with van der Waals surface area (Å²) in [6.07, 6.45) is 0. The second-order valence-electron chi connectivity index (χ2n) is 2.10. The lowest BCUT2D eigenvalue weighted by Crippen LogP contribution is -2.06. The van der Waals surface area contributed by atoms with E-state index in [9.17, 15) is 4.79 Å². The Labute approximate surface area is 82.5 Å². The number of alkyl halides is 2. The Bertz CT molecular complexity index is 269. The Morgan fingerprint density at radius 1 is 1.82 bits per heavy atom. The van der Waals surface area contributed by atoms with Crippen molar-refractivity contribution in [1.29, 1.82) is 0 Å². The first-order chi connectivity index (χ1) is 5.13. The summed E-state index contributed by atoms with van der Waals surface area (Å²) in [7, 11) is 0. The van der Waals surface area contributed by atoms with Crippen LogP contribution in [0, 0.1) is 6.92 Å². The summed E-state index contributed by atoms with van der Waals surface area (Å²) in [6.45, 7) is 1.90. The van der Waals surface area contributed by atoms with Crippen LogP contribution in [-0.2, 0) is 0 Å². The summed E-state index contributed by atoms with van der Waals surface area (Å²) < 4.78 is -0.597. The van der Waals surface area contributed by atoms with Crippen molar-refractivity contribution in [2.24, 2.45) is 0 Å². The van der Waals surface area contributed by atoms with Crippen LogP contribution < -0.4 is 0 Å². The van der Waals surface area contributed by atoms with E-state index in [1.807, 2.05) is 18.4 Å². The number of carbonyl (C=O) groups excluding carboxylic acids is 1. The Morgan fingerprint density at radius 3 is 2.82 bits per heavy atom. The van der Waals surface area contributed by atoms with E-state index in [1.54, 1.807) is 0 Å². The van der Waals surface area contributed by atoms with Gasteiger partial charge in [0.25, 0.3) is 0 Å². The third-order valence-electron chi connectivity index (χ3n) is 1.28. The Hall–Kier alpha value is 0.140. The van der Waals surface area contributed by atoms with Gasteiger partial charge in [-0.15, -0.1) is 22.9 Å². The van der Waals surface area contributed by atoms with Gasteiger partial charge in [-0.3, -0.25) is 4.79 Å². The smallest absolute Gasteiger partial charge is 0.201 e. The van der Waals surface area contributed by atoms with Gasteiger partial charge in [-0.1, -0.05) is 15.9 Å². The van der Waals surface area contributed by atoms with Crippen molar-refractivity contribution in [3.63, 3.8) is 0 Å². The molecule has 0 saturated heterocycles. The van der Waals surface area contributed by atoms with Gasteiger partial charge in [-0.2, -0.15) is 0 Å². The molecule has 1 aromatic heterocycles. The van der Waals surface area contributed by atoms with Crippen LogP contribution in [-0.4, -0.2) is 10.1 Å². The molecule has 0 spiro atoms. The number of hydrogen-bond acceptors (Lipinski definition) is 2. The SMILES string of the molecule is Cc1ccsc1C(=O)C(Cl)Br. The molecule has 60 valence electrons. The fraction of sp³-hybridized carbons (Fsp3) is 0.286. The molecule has 0 bridgehead atoms. The van der Waals surface area contributed by atoms with Gasteiger partial charge in [0.05, 0.1) is 4.88 Å². The average molecular weight is 254 g/mol. The van der Waals surface area contributed by atoms with Gasteiger partial charge in [-0.25, -0.2) is 0 Å². The minimum atomic E-state index is -0.597. The lowest BCUT2D eigenvalue weighted by atomic mass is 10.2. The fourth-order valence-corrected chi connectivity index (χ4v) is 2.17. The maximum absolute atomic E-state index is 11.3. The molecule has 1 aromatic rings. The third kappa shape index (κ3) is 2.04. The second kappa shape index (κ2) is 3.70. The van der Waals surface area contributed by atoms with Crippen LogP contribution in [0.1, 0.15) is 15.2 Å². The molecule has 0 fully saturated rings. The molecule has 1 rings (SSSR count). The molecule has 11 heavy (non-hydrogen) atoms. The minimum absolute atomic E-state index is 0.0563. The molecule has 0 amide bonds. The number of halogens is 2. The van der Waals surface area contributed by atoms with Crippen LogP contribution in [0.2, 0.25) is 0 Å². The van der Waals surface area contributed by atoms with Crippen molar-refractivity contribution in [3.05, 3.63) is 21.9 Å². The maximum Gasteiger partial charge on any atom is 0.201 e. The molecule has 0 aliphatic rings. The number of hydrogen-bond donors (Lipinski definition) is 0. The van der Waals surface area contributed by atoms with Crippen LogP contribution in [0.4, 0.5) is 0 Å². The molecule has 1 nitrogen and oxygen atoms in total. The van der Waals surface area contributed by atoms with Crippen LogP contribution in [0.5, 0.6) is 0 Å². The first kappa shape index (κ1) is 9.23. The zero-order valence-corrected chi connectivity index (χ0v) is 8.96. The molecule has 0 radical (unpaired) electrons. The Morgan fingerprint density at radius 2 is 2.45 bits per heavy atom. The highest BCUT2D eigenvalue weighted by Gasteiger charge is 2.16. The van der Waals surface area contributed by atoms with Gasteiger partial charge < -0.3 is 0 Å². The maximum atomic E-state index is 11.3. The van der Waals surface area contributed by atoms with E-state index < -0.39 is 4.29 Å². The quantitative estimate of drug-likeness (QED) is 0.584. The highest BCUT2D eigenvalue weighted by Crippen LogP contribution is 2.21. The van der Waals surface area contributed by atoms with Crippen molar-refractivity contribution in [1.82, 2.24) is 0 Å². The van der Waals surface area contributed by atoms with Crippen molar-refractivity contribution in [3.8, 4) is 0 Å². The summed E-state index contributed by atoms with van der Waals surface area (Å²) in [5, 5.41) is 1.88. The topological polar surface area (TPSA) is 17.1 Å². The molecule has 1 atom stereocenters. The van der Waals surface area contributed by atoms with Crippen LogP contribution in [0.25, 0.3) is 0 Å². The van der Waals surface area contributed by atoms with Crippen molar-refractivity contribution < 1.29 is 4.79 Å². The summed E-state index contributed by atoms with van der Waals surface area (Å²) in [4.78, 5) is 12.0. The van der Waals surface area contributed by atoms with E-state index in [1.165, 1.54) is 11.3 Å². The van der Waals surface area contributed by atoms with Crippen LogP contribution in [0.3, 0.4) is 0 Å². The van der Waals surface area contributed by atoms with E-state index in [-0.39, 0.29) is 5.78 Å². The first-order valence-electron chi connectivity index (χ1n) is 2.99. The standard InChI is InChI=1S/C7H6BrClOS/c1-4-2-3-11-6(4)5(10)7(8)9/h2-3,7H,1H3. The summed E-state index contributed by atoms with van der Waals surface area (Å²) in [5.41, 5.74) is 0.991. The molecular formula is C7H6BrClOS. The Balaban J connectivity index is 2.93. The molecule has 0 aliphatic carbocycles. The van der Waals surface area contributed by atoms with Gasteiger partial charge in [-0.05, 0) is 23.9 Å². The predicted molar refractivity (Wildman–Crippen MR) is 52.0 cm³/mol. The van der Waals surface area contributed by atoms with E-state index in [2.05, 4.69) is 15.9 Å². The number of rotatable bonds is 2. The van der Waals surface area contributed by atoms with Gasteiger partial charge in [0.2, 0.25) is 5.78 Å². The largest absolute Gasteiger partial charge is 0.291 e. The van der Waals surface area contributed by atoms with Crippen LogP contribution in [0.15, 0.2) is 11.4 Å². The predicted octanol–water partition coefficient (Wildman–Crippen LogP) is 3.20. The molecule has 4 heteroatoms. The number of ketones is 1. The average Bonchev–Trinajstić information content (AvgIpc) is 2.33. The molecule has 0 aromatic carbocycles. The number of Topliss-reactive ketones (excluding diaryl/α,β-unsaturated/α-hetero) is 1. The van der Waals surface area contributed by atoms with E-state index in [4.69, 9.17) is 11.6 Å². The molecule has 0 aliphatic heterocycles. The highest BCUT2D eigenvalue weighted by molar-refractivity contribution is 9.10. The molecule has 1 heterocycles. The van der Waals surface area contributed by atoms with Gasteiger partial charge in [0.15, 0.2) is 4.29 Å². The van der Waals surface area contributed by atoms with E-state index in [0.29, 0.717) is 0 Å². The first-order valence-corrected chi connectivity index (χ1v) is 5.22. The zero-order chi connectivity index (χ0) is 8.43. The monoisotopic (exact) mass is 252 g/mol. The number of carbonyl (C=O) groups is 1. The summed E-state index contributed by atoms with van der Waals surface area (Å²) >= 11 is 10.0. The Kier molecular flexibility index (Phi) is 3.10. The highest BCUT2D eigenvalue weighted by atomic mass is 79.9. The minimum Gasteiger partial charge on any atom is -0.291 e. The van der Waals surface area contributed by atoms with E-state index in [0.717, 1.165) is 10.4 Å². The normalized spacial score (nSPS) is 13.0. The lowest BCUT2D eigenvalue weighted by molar-refractivity contribution is 0.101. The zero-order valence-electron chi connectivity index (χ0n) is 5.80. The number of thiophene rings is 1. The molecular weight excluding hydrogens is 247 g/mol. The van der Waals surface area contributed by atoms with E-state index >= 15 is 0 Å².